The van der Waals surface area contributed by atoms with Gasteiger partial charge in [-0.15, -0.1) is 15.0 Å². The first-order chi connectivity index (χ1) is 20.5. The molecular weight excluding hydrogens is 570 g/mol. The van der Waals surface area contributed by atoms with Gasteiger partial charge < -0.3 is 14.8 Å². The minimum atomic E-state index is -0.391. The summed E-state index contributed by atoms with van der Waals surface area (Å²) in [5.74, 6) is 0.544. The third-order valence-electron chi connectivity index (χ3n) is 6.58. The molecule has 10 heteroatoms. The second kappa shape index (κ2) is 11.9. The van der Waals surface area contributed by atoms with Gasteiger partial charge in [0.15, 0.2) is 16.6 Å². The number of ether oxygens (including phenoxy) is 2. The van der Waals surface area contributed by atoms with Crippen molar-refractivity contribution < 1.29 is 14.3 Å². The van der Waals surface area contributed by atoms with Crippen molar-refractivity contribution in [3.63, 3.8) is 0 Å². The summed E-state index contributed by atoms with van der Waals surface area (Å²) in [5, 5.41) is 18.0. The van der Waals surface area contributed by atoms with Gasteiger partial charge in [0.25, 0.3) is 5.91 Å². The predicted octanol–water partition coefficient (Wildman–Crippen LogP) is 6.94. The quantitative estimate of drug-likeness (QED) is 0.194. The first-order valence-corrected chi connectivity index (χ1v) is 13.8. The Hall–Kier alpha value is -4.99. The first kappa shape index (κ1) is 27.2. The average Bonchev–Trinajstić information content (AvgIpc) is 3.43. The van der Waals surface area contributed by atoms with Crippen molar-refractivity contribution in [3.8, 4) is 17.2 Å². The molecule has 0 aliphatic rings. The Balaban J connectivity index is 1.12. The number of carbonyl (C=O) groups excluding carboxylic acids is 1. The molecule has 6 aromatic rings. The van der Waals surface area contributed by atoms with E-state index in [1.807, 2.05) is 60.7 Å². The van der Waals surface area contributed by atoms with Crippen LogP contribution in [0.3, 0.4) is 0 Å². The fourth-order valence-corrected chi connectivity index (χ4v) is 4.83. The van der Waals surface area contributed by atoms with Gasteiger partial charge in [-0.2, -0.15) is 0 Å². The maximum absolute atomic E-state index is 12.9. The summed E-state index contributed by atoms with van der Waals surface area (Å²) < 4.78 is 11.3. The van der Waals surface area contributed by atoms with Crippen LogP contribution in [0.2, 0.25) is 5.02 Å². The molecule has 5 aromatic carbocycles. The van der Waals surface area contributed by atoms with Gasteiger partial charge in [0.1, 0.15) is 17.6 Å². The van der Waals surface area contributed by atoms with Crippen molar-refractivity contribution in [3.05, 3.63) is 119 Å². The summed E-state index contributed by atoms with van der Waals surface area (Å²) in [5.41, 5.74) is 4.28. The Kier molecular flexibility index (Phi) is 7.68. The van der Waals surface area contributed by atoms with Crippen molar-refractivity contribution in [1.82, 2.24) is 20.3 Å². The average molecular weight is 594 g/mol. The molecule has 208 valence electrons. The Morgan fingerprint density at radius 2 is 1.67 bits per heavy atom. The van der Waals surface area contributed by atoms with Crippen LogP contribution in [0.4, 0.5) is 5.69 Å². The highest BCUT2D eigenvalue weighted by Gasteiger charge is 2.14. The molecule has 8 nitrogen and oxygen atoms in total. The molecular formula is C32H24ClN5O3S. The number of carbonyl (C=O) groups is 1. The molecule has 1 heterocycles. The number of anilines is 1. The normalized spacial score (nSPS) is 10.9. The molecule has 0 saturated carbocycles. The molecule has 1 amide bonds. The van der Waals surface area contributed by atoms with E-state index in [1.165, 1.54) is 7.11 Å². The lowest BCUT2D eigenvalue weighted by molar-refractivity contribution is 0.0977. The fraction of sp³-hybridized carbons (Fsp3) is 0.0625. The molecule has 0 atom stereocenters. The van der Waals surface area contributed by atoms with Crippen LogP contribution in [0.1, 0.15) is 15.9 Å². The molecule has 6 rings (SSSR count). The van der Waals surface area contributed by atoms with E-state index >= 15 is 0 Å². The standard InChI is InChI=1S/C32H24ClN5O3S/c1-40-30-17-22(11-16-29(30)41-19-20-9-12-23(33)13-10-20)31(39)35-32(42)34-24-14-15-26-27(18-24)37-38(36-26)28-8-4-6-21-5-2-3-7-25(21)28/h2-18H,19H2,1H3,(H2,34,35,39,42). The number of fused-ring (bicyclic) bond motifs is 2. The highest BCUT2D eigenvalue weighted by molar-refractivity contribution is 7.80. The molecule has 42 heavy (non-hydrogen) atoms. The summed E-state index contributed by atoms with van der Waals surface area (Å²) in [4.78, 5) is 14.6. The van der Waals surface area contributed by atoms with Crippen molar-refractivity contribution in [2.24, 2.45) is 0 Å². The largest absolute Gasteiger partial charge is 0.493 e. The molecule has 0 radical (unpaired) electrons. The first-order valence-electron chi connectivity index (χ1n) is 13.0. The zero-order valence-corrected chi connectivity index (χ0v) is 23.9. The molecule has 2 N–H and O–H groups in total. The van der Waals surface area contributed by atoms with Gasteiger partial charge >= 0.3 is 0 Å². The molecule has 0 aliphatic carbocycles. The van der Waals surface area contributed by atoms with Gasteiger partial charge in [0.05, 0.1) is 12.8 Å². The maximum Gasteiger partial charge on any atom is 0.257 e. The highest BCUT2D eigenvalue weighted by Crippen LogP contribution is 2.29. The lowest BCUT2D eigenvalue weighted by Gasteiger charge is -2.13. The number of hydrogen-bond acceptors (Lipinski definition) is 6. The predicted molar refractivity (Wildman–Crippen MR) is 169 cm³/mol. The highest BCUT2D eigenvalue weighted by atomic mass is 35.5. The van der Waals surface area contributed by atoms with Crippen LogP contribution in [-0.4, -0.2) is 33.1 Å². The van der Waals surface area contributed by atoms with Crippen LogP contribution in [-0.2, 0) is 6.61 Å². The molecule has 0 aliphatic heterocycles. The van der Waals surface area contributed by atoms with E-state index in [0.717, 1.165) is 27.5 Å². The van der Waals surface area contributed by atoms with E-state index in [-0.39, 0.29) is 5.11 Å². The number of thiocarbonyl (C=S) groups is 1. The molecule has 0 saturated heterocycles. The maximum atomic E-state index is 12.9. The van der Waals surface area contributed by atoms with E-state index in [1.54, 1.807) is 35.1 Å². The summed E-state index contributed by atoms with van der Waals surface area (Å²) in [6.07, 6.45) is 0. The Labute approximate surface area is 251 Å². The molecule has 0 fully saturated rings. The van der Waals surface area contributed by atoms with Crippen LogP contribution in [0.5, 0.6) is 11.5 Å². The molecule has 0 unspecified atom stereocenters. The van der Waals surface area contributed by atoms with Crippen molar-refractivity contribution in [1.29, 1.82) is 0 Å². The fourth-order valence-electron chi connectivity index (χ4n) is 4.49. The number of rotatable bonds is 7. The molecule has 1 aromatic heterocycles. The Morgan fingerprint density at radius 1 is 0.881 bits per heavy atom. The van der Waals surface area contributed by atoms with Crippen molar-refractivity contribution >= 4 is 62.3 Å². The second-order valence-electron chi connectivity index (χ2n) is 9.38. The monoisotopic (exact) mass is 593 g/mol. The van der Waals surface area contributed by atoms with Gasteiger partial charge in [-0.05, 0) is 77.8 Å². The molecule has 0 bridgehead atoms. The number of methoxy groups -OCH3 is 1. The van der Waals surface area contributed by atoms with Crippen molar-refractivity contribution in [2.45, 2.75) is 6.61 Å². The lowest BCUT2D eigenvalue weighted by atomic mass is 10.1. The number of amides is 1. The van der Waals surface area contributed by atoms with Gasteiger partial charge in [0.2, 0.25) is 0 Å². The van der Waals surface area contributed by atoms with Gasteiger partial charge in [-0.25, -0.2) is 0 Å². The summed E-state index contributed by atoms with van der Waals surface area (Å²) in [6, 6.07) is 31.9. The number of nitrogens with zero attached hydrogens (tertiary/aromatic N) is 3. The number of halogens is 1. The number of nitrogens with one attached hydrogen (secondary N) is 2. The van der Waals surface area contributed by atoms with Crippen LogP contribution in [0, 0.1) is 0 Å². The van der Waals surface area contributed by atoms with Crippen LogP contribution < -0.4 is 20.1 Å². The van der Waals surface area contributed by atoms with Crippen molar-refractivity contribution in [2.75, 3.05) is 12.4 Å². The van der Waals surface area contributed by atoms with E-state index in [9.17, 15) is 4.79 Å². The lowest BCUT2D eigenvalue weighted by Crippen LogP contribution is -2.34. The minimum absolute atomic E-state index is 0.142. The number of benzene rings is 5. The second-order valence-corrected chi connectivity index (χ2v) is 10.2. The van der Waals surface area contributed by atoms with Crippen LogP contribution >= 0.6 is 23.8 Å². The van der Waals surface area contributed by atoms with E-state index in [2.05, 4.69) is 33.0 Å². The summed E-state index contributed by atoms with van der Waals surface area (Å²) in [7, 11) is 1.52. The minimum Gasteiger partial charge on any atom is -0.493 e. The van der Waals surface area contributed by atoms with Gasteiger partial charge in [-0.3, -0.25) is 10.1 Å². The number of hydrogen-bond donors (Lipinski definition) is 2. The summed E-state index contributed by atoms with van der Waals surface area (Å²) >= 11 is 11.4. The topological polar surface area (TPSA) is 90.3 Å². The number of aromatic nitrogens is 3. The smallest absolute Gasteiger partial charge is 0.257 e. The van der Waals surface area contributed by atoms with Crippen LogP contribution in [0.15, 0.2) is 103 Å². The SMILES string of the molecule is COc1cc(C(=O)NC(=S)Nc2ccc3nn(-c4cccc5ccccc45)nc3c2)ccc1OCc1ccc(Cl)cc1. The van der Waals surface area contributed by atoms with E-state index in [0.29, 0.717) is 39.9 Å². The third kappa shape index (κ3) is 5.88. The summed E-state index contributed by atoms with van der Waals surface area (Å²) in [6.45, 7) is 0.327. The zero-order valence-electron chi connectivity index (χ0n) is 22.4. The Bertz CT molecular complexity index is 1940. The molecule has 0 spiro atoms. The van der Waals surface area contributed by atoms with Gasteiger partial charge in [0, 0.05) is 21.7 Å². The van der Waals surface area contributed by atoms with Gasteiger partial charge in [-0.1, -0.05) is 60.1 Å². The Morgan fingerprint density at radius 3 is 2.50 bits per heavy atom. The van der Waals surface area contributed by atoms with E-state index < -0.39 is 5.91 Å². The van der Waals surface area contributed by atoms with Crippen LogP contribution in [0.25, 0.3) is 27.5 Å². The van der Waals surface area contributed by atoms with E-state index in [4.69, 9.17) is 33.3 Å². The third-order valence-corrected chi connectivity index (χ3v) is 7.04. The zero-order chi connectivity index (χ0) is 29.1.